The number of aliphatic hydroxyl groups excluding tert-OH is 1. The third-order valence-corrected chi connectivity index (χ3v) is 3.86. The fraction of sp³-hybridized carbons (Fsp3) is 0.357. The van der Waals surface area contributed by atoms with Gasteiger partial charge in [-0.25, -0.2) is 9.90 Å². The lowest BCUT2D eigenvalue weighted by Gasteiger charge is -2.30. The number of halogens is 1. The molecule has 108 valence electrons. The van der Waals surface area contributed by atoms with Crippen LogP contribution < -0.4 is 0 Å². The normalized spacial score (nSPS) is 18.0. The molecule has 1 aromatic carbocycles. The Morgan fingerprint density at radius 3 is 2.60 bits per heavy atom. The van der Waals surface area contributed by atoms with Crippen molar-refractivity contribution in [2.75, 3.05) is 13.9 Å². The van der Waals surface area contributed by atoms with Gasteiger partial charge in [-0.2, -0.15) is 0 Å². The largest absolute Gasteiger partial charge is 0.509 e. The van der Waals surface area contributed by atoms with Gasteiger partial charge in [-0.15, -0.1) is 0 Å². The molecule has 1 aliphatic rings. The summed E-state index contributed by atoms with van der Waals surface area (Å²) >= 11 is 3.39. The van der Waals surface area contributed by atoms with E-state index in [-0.39, 0.29) is 18.1 Å². The maximum atomic E-state index is 12.5. The molecule has 1 amide bonds. The minimum atomic E-state index is -0.944. The van der Waals surface area contributed by atoms with E-state index in [4.69, 9.17) is 9.57 Å². The molecule has 0 aliphatic carbocycles. The van der Waals surface area contributed by atoms with Crippen molar-refractivity contribution in [3.63, 3.8) is 0 Å². The minimum absolute atomic E-state index is 0.0227. The monoisotopic (exact) mass is 341 g/mol. The van der Waals surface area contributed by atoms with E-state index in [9.17, 15) is 9.90 Å². The number of ether oxygens (including phenoxy) is 1. The Morgan fingerprint density at radius 2 is 2.00 bits per heavy atom. The zero-order valence-electron chi connectivity index (χ0n) is 11.5. The van der Waals surface area contributed by atoms with Gasteiger partial charge < -0.3 is 9.84 Å². The highest BCUT2D eigenvalue weighted by Gasteiger charge is 2.47. The standard InChI is InChI=1S/C14H16BrNO4/c1-14(2)12(17)11(9-6-4-5-7-10(9)15)13(18)16(14)20-8-19-3/h4-7,17H,8H2,1-3H3. The van der Waals surface area contributed by atoms with E-state index in [1.807, 2.05) is 12.1 Å². The van der Waals surface area contributed by atoms with Crippen LogP contribution in [0.4, 0.5) is 0 Å². The van der Waals surface area contributed by atoms with Crippen LogP contribution in [0.5, 0.6) is 0 Å². The number of hydrogen-bond donors (Lipinski definition) is 1. The van der Waals surface area contributed by atoms with E-state index in [1.165, 1.54) is 7.11 Å². The summed E-state index contributed by atoms with van der Waals surface area (Å²) in [4.78, 5) is 17.8. The number of aliphatic hydroxyl groups is 1. The van der Waals surface area contributed by atoms with Crippen molar-refractivity contribution in [3.05, 3.63) is 40.1 Å². The van der Waals surface area contributed by atoms with Gasteiger partial charge in [0, 0.05) is 17.1 Å². The molecule has 0 fully saturated rings. The van der Waals surface area contributed by atoms with E-state index >= 15 is 0 Å². The molecule has 0 atom stereocenters. The Kier molecular flexibility index (Phi) is 4.17. The van der Waals surface area contributed by atoms with Crippen molar-refractivity contribution in [3.8, 4) is 0 Å². The van der Waals surface area contributed by atoms with Crippen LogP contribution in [0.2, 0.25) is 0 Å². The Labute approximate surface area is 125 Å². The van der Waals surface area contributed by atoms with Gasteiger partial charge in [0.15, 0.2) is 6.79 Å². The van der Waals surface area contributed by atoms with Gasteiger partial charge in [0.05, 0.1) is 5.57 Å². The number of nitrogens with zero attached hydrogens (tertiary/aromatic N) is 1. The predicted molar refractivity (Wildman–Crippen MR) is 77.6 cm³/mol. The molecule has 1 aromatic rings. The van der Waals surface area contributed by atoms with Crippen LogP contribution in [0.3, 0.4) is 0 Å². The lowest BCUT2D eigenvalue weighted by Crippen LogP contribution is -2.43. The molecule has 0 bridgehead atoms. The van der Waals surface area contributed by atoms with Gasteiger partial charge in [-0.05, 0) is 19.9 Å². The second-order valence-electron chi connectivity index (χ2n) is 4.90. The minimum Gasteiger partial charge on any atom is -0.509 e. The van der Waals surface area contributed by atoms with Crippen LogP contribution in [0.1, 0.15) is 19.4 Å². The number of benzene rings is 1. The first-order valence-electron chi connectivity index (χ1n) is 6.06. The van der Waals surface area contributed by atoms with Gasteiger partial charge in [-0.3, -0.25) is 4.79 Å². The average Bonchev–Trinajstić information content (AvgIpc) is 2.56. The summed E-state index contributed by atoms with van der Waals surface area (Å²) < 4.78 is 5.56. The van der Waals surface area contributed by atoms with Crippen LogP contribution in [0.25, 0.3) is 5.57 Å². The number of methoxy groups -OCH3 is 1. The Hall–Kier alpha value is -1.37. The third-order valence-electron chi connectivity index (χ3n) is 3.17. The topological polar surface area (TPSA) is 59.0 Å². The fourth-order valence-corrected chi connectivity index (χ4v) is 2.57. The van der Waals surface area contributed by atoms with Crippen molar-refractivity contribution in [1.82, 2.24) is 5.06 Å². The summed E-state index contributed by atoms with van der Waals surface area (Å²) in [6, 6.07) is 7.23. The Morgan fingerprint density at radius 1 is 1.35 bits per heavy atom. The van der Waals surface area contributed by atoms with Gasteiger partial charge >= 0.3 is 0 Å². The van der Waals surface area contributed by atoms with E-state index in [2.05, 4.69) is 15.9 Å². The van der Waals surface area contributed by atoms with Crippen molar-refractivity contribution in [1.29, 1.82) is 0 Å². The average molecular weight is 342 g/mol. The lowest BCUT2D eigenvalue weighted by molar-refractivity contribution is -0.238. The summed E-state index contributed by atoms with van der Waals surface area (Å²) in [7, 11) is 1.47. The van der Waals surface area contributed by atoms with Crippen molar-refractivity contribution in [2.24, 2.45) is 0 Å². The second kappa shape index (κ2) is 5.55. The molecule has 2 rings (SSSR count). The van der Waals surface area contributed by atoms with Gasteiger partial charge in [0.1, 0.15) is 11.3 Å². The van der Waals surface area contributed by atoms with Gasteiger partial charge in [0.2, 0.25) is 0 Å². The van der Waals surface area contributed by atoms with Gasteiger partial charge in [0.25, 0.3) is 5.91 Å². The van der Waals surface area contributed by atoms with E-state index in [0.29, 0.717) is 5.56 Å². The number of amides is 1. The Balaban J connectivity index is 2.46. The molecule has 0 saturated heterocycles. The molecule has 0 aromatic heterocycles. The number of carbonyl (C=O) groups excluding carboxylic acids is 1. The molecule has 20 heavy (non-hydrogen) atoms. The van der Waals surface area contributed by atoms with Crippen molar-refractivity contribution < 1.29 is 19.5 Å². The first-order chi connectivity index (χ1) is 9.41. The highest BCUT2D eigenvalue weighted by Crippen LogP contribution is 2.40. The van der Waals surface area contributed by atoms with Crippen molar-refractivity contribution in [2.45, 2.75) is 19.4 Å². The highest BCUT2D eigenvalue weighted by molar-refractivity contribution is 9.10. The summed E-state index contributed by atoms with van der Waals surface area (Å²) in [5.41, 5.74) is -0.0783. The molecule has 6 heteroatoms. The van der Waals surface area contributed by atoms with Gasteiger partial charge in [-0.1, -0.05) is 34.1 Å². The van der Waals surface area contributed by atoms with Crippen molar-refractivity contribution >= 4 is 27.4 Å². The fourth-order valence-electron chi connectivity index (χ4n) is 2.09. The second-order valence-corrected chi connectivity index (χ2v) is 5.75. The van der Waals surface area contributed by atoms with Crippen LogP contribution in [-0.4, -0.2) is 35.5 Å². The molecule has 0 spiro atoms. The van der Waals surface area contributed by atoms with E-state index < -0.39 is 11.4 Å². The quantitative estimate of drug-likeness (QED) is 0.855. The number of hydroxylamine groups is 2. The first-order valence-corrected chi connectivity index (χ1v) is 6.85. The summed E-state index contributed by atoms with van der Waals surface area (Å²) in [5, 5.41) is 11.5. The van der Waals surface area contributed by atoms with E-state index in [1.54, 1.807) is 26.0 Å². The number of rotatable bonds is 4. The molecule has 1 N–H and O–H groups in total. The zero-order valence-corrected chi connectivity index (χ0v) is 13.1. The first kappa shape index (κ1) is 15.0. The molecule has 5 nitrogen and oxygen atoms in total. The summed E-state index contributed by atoms with van der Waals surface area (Å²) in [6.07, 6.45) is 0. The summed E-state index contributed by atoms with van der Waals surface area (Å²) in [6.45, 7) is 3.35. The Bertz CT molecular complexity index is 568. The number of hydrogen-bond acceptors (Lipinski definition) is 4. The van der Waals surface area contributed by atoms with Crippen LogP contribution in [-0.2, 0) is 14.4 Å². The molecule has 0 radical (unpaired) electrons. The van der Waals surface area contributed by atoms with Crippen LogP contribution in [0, 0.1) is 0 Å². The zero-order chi connectivity index (χ0) is 14.9. The van der Waals surface area contributed by atoms with Crippen LogP contribution in [0.15, 0.2) is 34.5 Å². The van der Waals surface area contributed by atoms with E-state index in [0.717, 1.165) is 9.54 Å². The maximum absolute atomic E-state index is 12.5. The smallest absolute Gasteiger partial charge is 0.282 e. The molecule has 0 unspecified atom stereocenters. The van der Waals surface area contributed by atoms with Crippen LogP contribution >= 0.6 is 15.9 Å². The molecule has 1 aliphatic heterocycles. The molecular formula is C14H16BrNO4. The third kappa shape index (κ3) is 2.34. The summed E-state index contributed by atoms with van der Waals surface area (Å²) in [5.74, 6) is -0.415. The molecule has 1 heterocycles. The molecular weight excluding hydrogens is 326 g/mol. The highest BCUT2D eigenvalue weighted by atomic mass is 79.9. The predicted octanol–water partition coefficient (Wildman–Crippen LogP) is 2.87. The number of carbonyl (C=O) groups is 1. The maximum Gasteiger partial charge on any atom is 0.282 e. The SMILES string of the molecule is COCON1C(=O)C(c2ccccc2Br)=C(O)C1(C)C. The lowest BCUT2D eigenvalue weighted by atomic mass is 9.99. The molecule has 0 saturated carbocycles.